The van der Waals surface area contributed by atoms with Crippen LogP contribution < -0.4 is 10.1 Å². The molecule has 0 aliphatic heterocycles. The lowest BCUT2D eigenvalue weighted by Gasteiger charge is -2.12. The van der Waals surface area contributed by atoms with Crippen molar-refractivity contribution < 1.29 is 9.53 Å². The van der Waals surface area contributed by atoms with E-state index in [2.05, 4.69) is 15.5 Å². The van der Waals surface area contributed by atoms with Gasteiger partial charge >= 0.3 is 0 Å². The number of hydrogen-bond donors (Lipinski definition) is 2. The minimum atomic E-state index is -0.156. The Kier molecular flexibility index (Phi) is 4.13. The first-order chi connectivity index (χ1) is 10.6. The fourth-order valence-electron chi connectivity index (χ4n) is 2.75. The van der Waals surface area contributed by atoms with Crippen LogP contribution in [0.4, 0.5) is 5.69 Å². The standard InChI is InChI=1S/C17H21N3O2/c1-11(2)22-13-9-7-12(8-10-13)18-17(21)16-14-5-3-4-6-15(14)19-20-16/h7-11H,3-6H2,1-2H3,(H,18,21)(H,19,20). The maximum absolute atomic E-state index is 12.4. The molecule has 1 amide bonds. The van der Waals surface area contributed by atoms with Crippen LogP contribution in [-0.4, -0.2) is 22.2 Å². The molecule has 0 saturated heterocycles. The molecular formula is C17H21N3O2. The molecule has 5 heteroatoms. The average Bonchev–Trinajstić information content (AvgIpc) is 2.93. The fraction of sp³-hybridized carbons (Fsp3) is 0.412. The van der Waals surface area contributed by atoms with Crippen molar-refractivity contribution in [3.8, 4) is 5.75 Å². The number of carbonyl (C=O) groups is 1. The number of nitrogens with zero attached hydrogens (tertiary/aromatic N) is 1. The van der Waals surface area contributed by atoms with Crippen LogP contribution in [0.15, 0.2) is 24.3 Å². The minimum absolute atomic E-state index is 0.135. The van der Waals surface area contributed by atoms with Crippen LogP contribution in [-0.2, 0) is 12.8 Å². The smallest absolute Gasteiger partial charge is 0.276 e. The van der Waals surface area contributed by atoms with E-state index in [-0.39, 0.29) is 12.0 Å². The third-order valence-corrected chi connectivity index (χ3v) is 3.76. The summed E-state index contributed by atoms with van der Waals surface area (Å²) in [4.78, 5) is 12.4. The molecule has 1 aromatic heterocycles. The molecule has 0 unspecified atom stereocenters. The van der Waals surface area contributed by atoms with Crippen LogP contribution in [0, 0.1) is 0 Å². The second kappa shape index (κ2) is 6.22. The molecule has 22 heavy (non-hydrogen) atoms. The molecule has 1 aliphatic rings. The highest BCUT2D eigenvalue weighted by Gasteiger charge is 2.21. The van der Waals surface area contributed by atoms with Crippen molar-refractivity contribution in [3.63, 3.8) is 0 Å². The maximum atomic E-state index is 12.4. The Morgan fingerprint density at radius 3 is 2.68 bits per heavy atom. The molecule has 0 radical (unpaired) electrons. The van der Waals surface area contributed by atoms with Crippen molar-refractivity contribution in [2.45, 2.75) is 45.6 Å². The van der Waals surface area contributed by atoms with Crippen molar-refractivity contribution in [2.24, 2.45) is 0 Å². The lowest BCUT2D eigenvalue weighted by molar-refractivity contribution is 0.102. The number of carbonyl (C=O) groups excluding carboxylic acids is 1. The van der Waals surface area contributed by atoms with Crippen LogP contribution in [0.2, 0.25) is 0 Å². The van der Waals surface area contributed by atoms with E-state index in [1.54, 1.807) is 0 Å². The van der Waals surface area contributed by atoms with Crippen molar-refractivity contribution in [2.75, 3.05) is 5.32 Å². The van der Waals surface area contributed by atoms with E-state index in [0.29, 0.717) is 5.69 Å². The lowest BCUT2D eigenvalue weighted by Crippen LogP contribution is -2.15. The zero-order valence-corrected chi connectivity index (χ0v) is 13.0. The van der Waals surface area contributed by atoms with Gasteiger partial charge in [-0.2, -0.15) is 5.10 Å². The molecule has 1 heterocycles. The van der Waals surface area contributed by atoms with Crippen LogP contribution in [0.25, 0.3) is 0 Å². The number of rotatable bonds is 4. The van der Waals surface area contributed by atoms with Crippen molar-refractivity contribution in [1.82, 2.24) is 10.2 Å². The Balaban J connectivity index is 1.70. The number of anilines is 1. The summed E-state index contributed by atoms with van der Waals surface area (Å²) in [5.74, 6) is 0.641. The van der Waals surface area contributed by atoms with Gasteiger partial charge in [0, 0.05) is 16.9 Å². The Bertz CT molecular complexity index is 659. The molecule has 0 spiro atoms. The first-order valence-corrected chi connectivity index (χ1v) is 7.77. The van der Waals surface area contributed by atoms with Crippen molar-refractivity contribution in [1.29, 1.82) is 0 Å². The van der Waals surface area contributed by atoms with Gasteiger partial charge in [-0.1, -0.05) is 0 Å². The average molecular weight is 299 g/mol. The number of benzene rings is 1. The number of aromatic nitrogens is 2. The highest BCUT2D eigenvalue weighted by molar-refractivity contribution is 6.04. The number of hydrogen-bond acceptors (Lipinski definition) is 3. The van der Waals surface area contributed by atoms with E-state index >= 15 is 0 Å². The highest BCUT2D eigenvalue weighted by atomic mass is 16.5. The van der Waals surface area contributed by atoms with Gasteiger partial charge in [-0.25, -0.2) is 0 Å². The van der Waals surface area contributed by atoms with Gasteiger partial charge in [0.25, 0.3) is 5.91 Å². The second-order valence-corrected chi connectivity index (χ2v) is 5.88. The quantitative estimate of drug-likeness (QED) is 0.910. The van der Waals surface area contributed by atoms with Crippen molar-refractivity contribution >= 4 is 11.6 Å². The predicted molar refractivity (Wildman–Crippen MR) is 85.4 cm³/mol. The summed E-state index contributed by atoms with van der Waals surface area (Å²) in [6, 6.07) is 7.40. The molecule has 5 nitrogen and oxygen atoms in total. The molecule has 3 rings (SSSR count). The maximum Gasteiger partial charge on any atom is 0.276 e. The fourth-order valence-corrected chi connectivity index (χ4v) is 2.75. The van der Waals surface area contributed by atoms with Gasteiger partial charge in [-0.15, -0.1) is 0 Å². The SMILES string of the molecule is CC(C)Oc1ccc(NC(=O)c2n[nH]c3c2CCCC3)cc1. The molecule has 2 N–H and O–H groups in total. The van der Waals surface area contributed by atoms with Crippen molar-refractivity contribution in [3.05, 3.63) is 41.2 Å². The van der Waals surface area contributed by atoms with Gasteiger partial charge < -0.3 is 10.1 Å². The Hall–Kier alpha value is -2.30. The third-order valence-electron chi connectivity index (χ3n) is 3.76. The summed E-state index contributed by atoms with van der Waals surface area (Å²) in [6.07, 6.45) is 4.32. The van der Waals surface area contributed by atoms with E-state index < -0.39 is 0 Å². The summed E-state index contributed by atoms with van der Waals surface area (Å²) in [5.41, 5.74) is 3.45. The molecule has 1 aromatic carbocycles. The zero-order chi connectivity index (χ0) is 15.5. The number of amides is 1. The molecule has 0 saturated carbocycles. The van der Waals surface area contributed by atoms with E-state index in [1.165, 1.54) is 0 Å². The number of aromatic amines is 1. The number of aryl methyl sites for hydroxylation is 1. The van der Waals surface area contributed by atoms with Gasteiger partial charge in [0.15, 0.2) is 5.69 Å². The molecular weight excluding hydrogens is 278 g/mol. The van der Waals surface area contributed by atoms with Crippen LogP contribution in [0.3, 0.4) is 0 Å². The van der Waals surface area contributed by atoms with E-state index in [9.17, 15) is 4.79 Å². The molecule has 0 bridgehead atoms. The van der Waals surface area contributed by atoms with E-state index in [4.69, 9.17) is 4.74 Å². The summed E-state index contributed by atoms with van der Waals surface area (Å²) in [5, 5.41) is 10.1. The van der Waals surface area contributed by atoms with E-state index in [1.807, 2.05) is 38.1 Å². The molecule has 0 atom stereocenters. The van der Waals surface area contributed by atoms with Gasteiger partial charge in [0.05, 0.1) is 6.10 Å². The summed E-state index contributed by atoms with van der Waals surface area (Å²) in [7, 11) is 0. The van der Waals surface area contributed by atoms with Gasteiger partial charge in [-0.3, -0.25) is 9.89 Å². The number of H-pyrrole nitrogens is 1. The van der Waals surface area contributed by atoms with Gasteiger partial charge in [0.1, 0.15) is 5.75 Å². The normalized spacial score (nSPS) is 13.8. The summed E-state index contributed by atoms with van der Waals surface area (Å²) >= 11 is 0. The minimum Gasteiger partial charge on any atom is -0.491 e. The van der Waals surface area contributed by atoms with Gasteiger partial charge in [-0.05, 0) is 63.8 Å². The van der Waals surface area contributed by atoms with Gasteiger partial charge in [0.2, 0.25) is 0 Å². The van der Waals surface area contributed by atoms with Crippen LogP contribution >= 0.6 is 0 Å². The number of fused-ring (bicyclic) bond motifs is 1. The molecule has 2 aromatic rings. The Morgan fingerprint density at radius 1 is 1.23 bits per heavy atom. The van der Waals surface area contributed by atoms with E-state index in [0.717, 1.165) is 48.4 Å². The lowest BCUT2D eigenvalue weighted by atomic mass is 9.96. The Labute approximate surface area is 130 Å². The predicted octanol–water partition coefficient (Wildman–Crippen LogP) is 3.33. The topological polar surface area (TPSA) is 67.0 Å². The second-order valence-electron chi connectivity index (χ2n) is 5.88. The number of ether oxygens (including phenoxy) is 1. The first-order valence-electron chi connectivity index (χ1n) is 7.77. The molecule has 0 fully saturated rings. The summed E-state index contributed by atoms with van der Waals surface area (Å²) in [6.45, 7) is 3.97. The first kappa shape index (κ1) is 14.6. The summed E-state index contributed by atoms with van der Waals surface area (Å²) < 4.78 is 5.59. The molecule has 116 valence electrons. The number of nitrogens with one attached hydrogen (secondary N) is 2. The largest absolute Gasteiger partial charge is 0.491 e. The highest BCUT2D eigenvalue weighted by Crippen LogP contribution is 2.23. The third kappa shape index (κ3) is 3.13. The van der Waals surface area contributed by atoms with Crippen LogP contribution in [0.1, 0.15) is 48.4 Å². The zero-order valence-electron chi connectivity index (χ0n) is 13.0. The monoisotopic (exact) mass is 299 g/mol. The Morgan fingerprint density at radius 2 is 1.95 bits per heavy atom. The van der Waals surface area contributed by atoms with Crippen LogP contribution in [0.5, 0.6) is 5.75 Å². The molecule has 1 aliphatic carbocycles.